The number of carboxylic acids is 1. The number of hydrogen-bond donors (Lipinski definition) is 2. The van der Waals surface area contributed by atoms with Crippen LogP contribution in [-0.4, -0.2) is 38.7 Å². The SMILES string of the molecule is CC(C)c1nnc(NC(=O)CSCC(=O)O)o1. The fourth-order valence-electron chi connectivity index (χ4n) is 0.905. The minimum atomic E-state index is -0.956. The molecule has 17 heavy (non-hydrogen) atoms. The lowest BCUT2D eigenvalue weighted by atomic mass is 10.2. The predicted molar refractivity (Wildman–Crippen MR) is 62.0 cm³/mol. The lowest BCUT2D eigenvalue weighted by molar-refractivity contribution is -0.133. The van der Waals surface area contributed by atoms with Crippen molar-refractivity contribution in [3.8, 4) is 0 Å². The highest BCUT2D eigenvalue weighted by molar-refractivity contribution is 8.00. The van der Waals surface area contributed by atoms with Crippen molar-refractivity contribution in [1.82, 2.24) is 10.2 Å². The molecule has 0 bridgehead atoms. The Kier molecular flexibility index (Phi) is 4.95. The lowest BCUT2D eigenvalue weighted by Crippen LogP contribution is -2.15. The van der Waals surface area contributed by atoms with Gasteiger partial charge in [-0.05, 0) is 0 Å². The topological polar surface area (TPSA) is 105 Å². The van der Waals surface area contributed by atoms with E-state index in [1.807, 2.05) is 13.8 Å². The summed E-state index contributed by atoms with van der Waals surface area (Å²) in [6.07, 6.45) is 0. The molecule has 0 radical (unpaired) electrons. The Morgan fingerprint density at radius 2 is 2.12 bits per heavy atom. The fraction of sp³-hybridized carbons (Fsp3) is 0.556. The Hall–Kier alpha value is -1.57. The highest BCUT2D eigenvalue weighted by atomic mass is 32.2. The van der Waals surface area contributed by atoms with Crippen LogP contribution in [0.4, 0.5) is 6.01 Å². The van der Waals surface area contributed by atoms with E-state index in [9.17, 15) is 9.59 Å². The van der Waals surface area contributed by atoms with Crippen molar-refractivity contribution in [2.24, 2.45) is 0 Å². The summed E-state index contributed by atoms with van der Waals surface area (Å²) in [7, 11) is 0. The van der Waals surface area contributed by atoms with Gasteiger partial charge in [-0.1, -0.05) is 18.9 Å². The number of hydrogen-bond acceptors (Lipinski definition) is 6. The van der Waals surface area contributed by atoms with Gasteiger partial charge in [0, 0.05) is 5.92 Å². The largest absolute Gasteiger partial charge is 0.481 e. The molecule has 1 rings (SSSR count). The van der Waals surface area contributed by atoms with E-state index in [2.05, 4.69) is 15.5 Å². The Morgan fingerprint density at radius 1 is 1.41 bits per heavy atom. The van der Waals surface area contributed by atoms with Crippen LogP contribution in [0.5, 0.6) is 0 Å². The van der Waals surface area contributed by atoms with Crippen LogP contribution >= 0.6 is 11.8 Å². The lowest BCUT2D eigenvalue weighted by Gasteiger charge is -1.99. The molecule has 0 aromatic carbocycles. The van der Waals surface area contributed by atoms with Crippen LogP contribution < -0.4 is 5.32 Å². The van der Waals surface area contributed by atoms with E-state index >= 15 is 0 Å². The maximum atomic E-state index is 11.3. The van der Waals surface area contributed by atoms with E-state index in [-0.39, 0.29) is 29.3 Å². The van der Waals surface area contributed by atoms with Gasteiger partial charge in [-0.25, -0.2) is 0 Å². The van der Waals surface area contributed by atoms with Crippen molar-refractivity contribution in [3.63, 3.8) is 0 Å². The van der Waals surface area contributed by atoms with Crippen LogP contribution in [0.15, 0.2) is 4.42 Å². The van der Waals surface area contributed by atoms with Gasteiger partial charge in [0.1, 0.15) is 0 Å². The first-order valence-corrected chi connectivity index (χ1v) is 6.07. The minimum Gasteiger partial charge on any atom is -0.481 e. The number of nitrogens with zero attached hydrogens (tertiary/aromatic N) is 2. The number of aliphatic carboxylic acids is 1. The number of rotatable bonds is 6. The van der Waals surface area contributed by atoms with Crippen LogP contribution in [-0.2, 0) is 9.59 Å². The molecule has 7 nitrogen and oxygen atoms in total. The second-order valence-corrected chi connectivity index (χ2v) is 4.52. The quantitative estimate of drug-likeness (QED) is 0.783. The number of carbonyl (C=O) groups is 2. The monoisotopic (exact) mass is 259 g/mol. The maximum absolute atomic E-state index is 11.3. The van der Waals surface area contributed by atoms with E-state index in [1.165, 1.54) is 0 Å². The summed E-state index contributed by atoms with van der Waals surface area (Å²) in [6, 6.07) is 0.0367. The van der Waals surface area contributed by atoms with Gasteiger partial charge in [0.05, 0.1) is 11.5 Å². The second-order valence-electron chi connectivity index (χ2n) is 3.53. The third kappa shape index (κ3) is 4.85. The van der Waals surface area contributed by atoms with Crippen molar-refractivity contribution in [2.45, 2.75) is 19.8 Å². The first kappa shape index (κ1) is 13.5. The zero-order valence-electron chi connectivity index (χ0n) is 9.47. The summed E-state index contributed by atoms with van der Waals surface area (Å²) in [5.74, 6) is -0.869. The summed E-state index contributed by atoms with van der Waals surface area (Å²) in [5, 5.41) is 18.2. The smallest absolute Gasteiger partial charge is 0.322 e. The number of carbonyl (C=O) groups excluding carboxylic acids is 1. The summed E-state index contributed by atoms with van der Waals surface area (Å²) < 4.78 is 5.16. The highest BCUT2D eigenvalue weighted by Crippen LogP contribution is 2.14. The number of aromatic nitrogens is 2. The molecule has 94 valence electrons. The van der Waals surface area contributed by atoms with Gasteiger partial charge in [-0.3, -0.25) is 14.9 Å². The summed E-state index contributed by atoms with van der Waals surface area (Å²) in [6.45, 7) is 3.78. The van der Waals surface area contributed by atoms with Crippen LogP contribution in [0.2, 0.25) is 0 Å². The standard InChI is InChI=1S/C9H13N3O4S/c1-5(2)8-11-12-9(16-8)10-6(13)3-17-4-7(14)15/h5H,3-4H2,1-2H3,(H,14,15)(H,10,12,13). The van der Waals surface area contributed by atoms with E-state index in [1.54, 1.807) is 0 Å². The number of anilines is 1. The molecule has 0 aliphatic heterocycles. The zero-order valence-corrected chi connectivity index (χ0v) is 10.3. The molecule has 1 amide bonds. The summed E-state index contributed by atoms with van der Waals surface area (Å²) in [4.78, 5) is 21.5. The van der Waals surface area contributed by atoms with Crippen molar-refractivity contribution in [3.05, 3.63) is 5.89 Å². The molecule has 0 spiro atoms. The molecular formula is C9H13N3O4S. The molecule has 0 saturated heterocycles. The van der Waals surface area contributed by atoms with Crippen molar-refractivity contribution >= 4 is 29.7 Å². The molecule has 0 unspecified atom stereocenters. The normalized spacial score (nSPS) is 10.5. The molecule has 1 heterocycles. The Balaban J connectivity index is 2.37. The number of thioether (sulfide) groups is 1. The van der Waals surface area contributed by atoms with Gasteiger partial charge in [0.2, 0.25) is 11.8 Å². The third-order valence-corrected chi connectivity index (χ3v) is 2.56. The molecule has 0 aliphatic rings. The predicted octanol–water partition coefficient (Wildman–Crippen LogP) is 0.949. The maximum Gasteiger partial charge on any atom is 0.322 e. The Morgan fingerprint density at radius 3 is 2.65 bits per heavy atom. The van der Waals surface area contributed by atoms with E-state index in [0.29, 0.717) is 5.89 Å². The van der Waals surface area contributed by atoms with Gasteiger partial charge in [0.25, 0.3) is 0 Å². The molecule has 2 N–H and O–H groups in total. The van der Waals surface area contributed by atoms with Gasteiger partial charge >= 0.3 is 12.0 Å². The van der Waals surface area contributed by atoms with Crippen molar-refractivity contribution in [2.75, 3.05) is 16.8 Å². The zero-order chi connectivity index (χ0) is 12.8. The van der Waals surface area contributed by atoms with E-state index in [0.717, 1.165) is 11.8 Å². The molecule has 0 saturated carbocycles. The van der Waals surface area contributed by atoms with Gasteiger partial charge < -0.3 is 9.52 Å². The molecule has 0 atom stereocenters. The molecule has 8 heteroatoms. The third-order valence-electron chi connectivity index (χ3n) is 1.64. The second kappa shape index (κ2) is 6.24. The Bertz CT molecular complexity index is 405. The van der Waals surface area contributed by atoms with Crippen molar-refractivity contribution in [1.29, 1.82) is 0 Å². The minimum absolute atomic E-state index is 0.0334. The number of amides is 1. The van der Waals surface area contributed by atoms with E-state index < -0.39 is 5.97 Å². The summed E-state index contributed by atoms with van der Waals surface area (Å²) in [5.41, 5.74) is 0. The average Bonchev–Trinajstić information content (AvgIpc) is 2.65. The molecular weight excluding hydrogens is 246 g/mol. The number of carboxylic acid groups (broad SMARTS) is 1. The molecule has 0 aliphatic carbocycles. The highest BCUT2D eigenvalue weighted by Gasteiger charge is 2.12. The van der Waals surface area contributed by atoms with E-state index in [4.69, 9.17) is 9.52 Å². The fourth-order valence-corrected chi connectivity index (χ4v) is 1.44. The van der Waals surface area contributed by atoms with Crippen molar-refractivity contribution < 1.29 is 19.1 Å². The first-order chi connectivity index (χ1) is 7.99. The summed E-state index contributed by atoms with van der Waals surface area (Å²) >= 11 is 1.00. The average molecular weight is 259 g/mol. The molecule has 0 fully saturated rings. The van der Waals surface area contributed by atoms with Crippen LogP contribution in [0.1, 0.15) is 25.7 Å². The number of nitrogens with one attached hydrogen (secondary N) is 1. The first-order valence-electron chi connectivity index (χ1n) is 4.92. The van der Waals surface area contributed by atoms with Gasteiger partial charge in [-0.15, -0.1) is 16.9 Å². The molecule has 1 aromatic heterocycles. The van der Waals surface area contributed by atoms with Crippen LogP contribution in [0.3, 0.4) is 0 Å². The van der Waals surface area contributed by atoms with Gasteiger partial charge in [-0.2, -0.15) is 0 Å². The molecule has 1 aromatic rings. The van der Waals surface area contributed by atoms with Gasteiger partial charge in [0.15, 0.2) is 0 Å². The van der Waals surface area contributed by atoms with Crippen LogP contribution in [0.25, 0.3) is 0 Å². The van der Waals surface area contributed by atoms with Crippen LogP contribution in [0, 0.1) is 0 Å². The Labute approximate surface area is 102 Å².